The van der Waals surface area contributed by atoms with Crippen molar-refractivity contribution < 1.29 is 9.53 Å². The fourth-order valence-corrected chi connectivity index (χ4v) is 3.62. The molecule has 0 bridgehead atoms. The molecule has 3 rings (SSSR count). The van der Waals surface area contributed by atoms with E-state index in [-0.39, 0.29) is 11.6 Å². The van der Waals surface area contributed by atoms with Crippen molar-refractivity contribution >= 4 is 6.03 Å². The van der Waals surface area contributed by atoms with Gasteiger partial charge in [0.15, 0.2) is 0 Å². The highest BCUT2D eigenvalue weighted by molar-refractivity contribution is 5.74. The second-order valence-corrected chi connectivity index (χ2v) is 6.92. The van der Waals surface area contributed by atoms with Crippen LogP contribution >= 0.6 is 0 Å². The molecule has 8 heteroatoms. The molecule has 1 saturated heterocycles. The van der Waals surface area contributed by atoms with Crippen LogP contribution < -0.4 is 10.9 Å². The number of ether oxygens (including phenoxy) is 1. The van der Waals surface area contributed by atoms with Crippen LogP contribution in [0.2, 0.25) is 0 Å². The van der Waals surface area contributed by atoms with E-state index in [9.17, 15) is 9.59 Å². The number of aromatic nitrogens is 2. The van der Waals surface area contributed by atoms with Crippen LogP contribution in [0.1, 0.15) is 29.9 Å². The van der Waals surface area contributed by atoms with Crippen LogP contribution in [0.3, 0.4) is 0 Å². The third kappa shape index (κ3) is 4.38. The van der Waals surface area contributed by atoms with E-state index in [0.717, 1.165) is 39.1 Å². The topological polar surface area (TPSA) is 90.6 Å². The Morgan fingerprint density at radius 2 is 2.28 bits per heavy atom. The second kappa shape index (κ2) is 7.97. The summed E-state index contributed by atoms with van der Waals surface area (Å²) in [5.41, 5.74) is 1.17. The van der Waals surface area contributed by atoms with Gasteiger partial charge in [-0.1, -0.05) is 0 Å². The van der Waals surface area contributed by atoms with E-state index in [1.165, 1.54) is 0 Å². The number of aromatic amines is 1. The highest BCUT2D eigenvalue weighted by Crippen LogP contribution is 2.18. The minimum atomic E-state index is -0.140. The third-order valence-electron chi connectivity index (χ3n) is 4.95. The summed E-state index contributed by atoms with van der Waals surface area (Å²) in [5.74, 6) is 1.05. The van der Waals surface area contributed by atoms with Gasteiger partial charge in [-0.15, -0.1) is 0 Å². The molecule has 2 N–H and O–H groups in total. The SMILES string of the molecule is COCCN1CCC[C@H](CNC(=O)N2Cc3nc(C)[nH]c(=O)c3C2)C1. The van der Waals surface area contributed by atoms with Gasteiger partial charge in [0.1, 0.15) is 5.82 Å². The molecule has 0 aromatic carbocycles. The average Bonchev–Trinajstić information content (AvgIpc) is 3.02. The molecular formula is C17H27N5O3. The van der Waals surface area contributed by atoms with Crippen molar-refractivity contribution in [2.75, 3.05) is 39.9 Å². The molecule has 2 amide bonds. The van der Waals surface area contributed by atoms with Crippen LogP contribution in [0.25, 0.3) is 0 Å². The lowest BCUT2D eigenvalue weighted by atomic mass is 9.98. The zero-order chi connectivity index (χ0) is 17.8. The highest BCUT2D eigenvalue weighted by atomic mass is 16.5. The minimum absolute atomic E-state index is 0.121. The molecule has 25 heavy (non-hydrogen) atoms. The number of hydrogen-bond donors (Lipinski definition) is 2. The van der Waals surface area contributed by atoms with E-state index in [2.05, 4.69) is 20.2 Å². The van der Waals surface area contributed by atoms with Crippen molar-refractivity contribution in [2.45, 2.75) is 32.9 Å². The zero-order valence-corrected chi connectivity index (χ0v) is 15.0. The molecule has 0 aliphatic carbocycles. The summed E-state index contributed by atoms with van der Waals surface area (Å²) < 4.78 is 5.14. The summed E-state index contributed by atoms with van der Waals surface area (Å²) in [7, 11) is 1.72. The van der Waals surface area contributed by atoms with Gasteiger partial charge in [0.2, 0.25) is 0 Å². The first-order valence-electron chi connectivity index (χ1n) is 8.89. The zero-order valence-electron chi connectivity index (χ0n) is 15.0. The number of fused-ring (bicyclic) bond motifs is 1. The highest BCUT2D eigenvalue weighted by Gasteiger charge is 2.28. The Bertz CT molecular complexity index is 675. The third-order valence-corrected chi connectivity index (χ3v) is 4.95. The van der Waals surface area contributed by atoms with Crippen LogP contribution in [0.4, 0.5) is 4.79 Å². The lowest BCUT2D eigenvalue weighted by Gasteiger charge is -2.32. The summed E-state index contributed by atoms with van der Waals surface area (Å²) in [4.78, 5) is 35.5. The van der Waals surface area contributed by atoms with Gasteiger partial charge in [-0.2, -0.15) is 0 Å². The van der Waals surface area contributed by atoms with Crippen molar-refractivity contribution in [3.63, 3.8) is 0 Å². The first-order valence-corrected chi connectivity index (χ1v) is 8.89. The lowest BCUT2D eigenvalue weighted by Crippen LogP contribution is -2.44. The lowest BCUT2D eigenvalue weighted by molar-refractivity contribution is 0.113. The Kier molecular flexibility index (Phi) is 5.70. The number of urea groups is 1. The Morgan fingerprint density at radius 1 is 1.44 bits per heavy atom. The van der Waals surface area contributed by atoms with Crippen molar-refractivity contribution in [1.29, 1.82) is 0 Å². The molecule has 0 saturated carbocycles. The van der Waals surface area contributed by atoms with E-state index in [1.807, 2.05) is 0 Å². The van der Waals surface area contributed by atoms with E-state index in [0.29, 0.717) is 42.6 Å². The number of aryl methyl sites for hydroxylation is 1. The van der Waals surface area contributed by atoms with E-state index in [1.54, 1.807) is 18.9 Å². The monoisotopic (exact) mass is 349 g/mol. The molecule has 0 radical (unpaired) electrons. The van der Waals surface area contributed by atoms with Crippen LogP contribution in [-0.4, -0.2) is 65.7 Å². The summed E-state index contributed by atoms with van der Waals surface area (Å²) in [5, 5.41) is 3.03. The van der Waals surface area contributed by atoms with Gasteiger partial charge in [-0.3, -0.25) is 4.79 Å². The van der Waals surface area contributed by atoms with Crippen LogP contribution in [0.15, 0.2) is 4.79 Å². The van der Waals surface area contributed by atoms with Gasteiger partial charge >= 0.3 is 6.03 Å². The van der Waals surface area contributed by atoms with E-state index in [4.69, 9.17) is 4.74 Å². The predicted molar refractivity (Wildman–Crippen MR) is 93.3 cm³/mol. The quantitative estimate of drug-likeness (QED) is 0.806. The molecule has 8 nitrogen and oxygen atoms in total. The maximum absolute atomic E-state index is 12.4. The summed E-state index contributed by atoms with van der Waals surface area (Å²) in [6.07, 6.45) is 2.28. The predicted octanol–water partition coefficient (Wildman–Crippen LogP) is 0.462. The van der Waals surface area contributed by atoms with Gasteiger partial charge in [-0.25, -0.2) is 9.78 Å². The molecule has 1 aromatic rings. The molecular weight excluding hydrogens is 322 g/mol. The number of rotatable bonds is 5. The van der Waals surface area contributed by atoms with Crippen molar-refractivity contribution in [2.24, 2.45) is 5.92 Å². The number of likely N-dealkylation sites (tertiary alicyclic amines) is 1. The number of nitrogens with one attached hydrogen (secondary N) is 2. The van der Waals surface area contributed by atoms with Crippen LogP contribution in [0, 0.1) is 12.8 Å². The minimum Gasteiger partial charge on any atom is -0.383 e. The number of methoxy groups -OCH3 is 1. The van der Waals surface area contributed by atoms with E-state index < -0.39 is 0 Å². The van der Waals surface area contributed by atoms with Gasteiger partial charge in [0.05, 0.1) is 31.0 Å². The number of carbonyl (C=O) groups is 1. The summed E-state index contributed by atoms with van der Waals surface area (Å²) in [6.45, 7) is 6.92. The standard InChI is InChI=1S/C17H27N5O3/c1-12-19-15-11-22(10-14(15)16(23)20-12)17(24)18-8-13-4-3-5-21(9-13)6-7-25-2/h13H,3-11H2,1-2H3,(H,18,24)(H,19,20,23)/t13-/m1/s1. The molecule has 2 aliphatic heterocycles. The molecule has 1 aromatic heterocycles. The Balaban J connectivity index is 1.49. The first kappa shape index (κ1) is 17.9. The Hall–Kier alpha value is -1.93. The maximum Gasteiger partial charge on any atom is 0.318 e. The van der Waals surface area contributed by atoms with E-state index >= 15 is 0 Å². The van der Waals surface area contributed by atoms with Gasteiger partial charge in [-0.05, 0) is 32.2 Å². The normalized spacial score (nSPS) is 20.6. The van der Waals surface area contributed by atoms with Gasteiger partial charge in [0.25, 0.3) is 5.56 Å². The summed E-state index contributed by atoms with van der Waals surface area (Å²) in [6, 6.07) is -0.121. The van der Waals surface area contributed by atoms with Crippen LogP contribution in [-0.2, 0) is 17.8 Å². The number of hydrogen-bond acceptors (Lipinski definition) is 5. The number of amides is 2. The fourth-order valence-electron chi connectivity index (χ4n) is 3.62. The summed E-state index contributed by atoms with van der Waals surface area (Å²) >= 11 is 0. The number of nitrogens with zero attached hydrogens (tertiary/aromatic N) is 3. The molecule has 1 atom stereocenters. The molecule has 0 spiro atoms. The van der Waals surface area contributed by atoms with Crippen LogP contribution in [0.5, 0.6) is 0 Å². The fraction of sp³-hybridized carbons (Fsp3) is 0.706. The molecule has 1 fully saturated rings. The van der Waals surface area contributed by atoms with Crippen molar-refractivity contribution in [1.82, 2.24) is 25.1 Å². The van der Waals surface area contributed by atoms with Gasteiger partial charge in [0, 0.05) is 26.7 Å². The second-order valence-electron chi connectivity index (χ2n) is 6.92. The molecule has 138 valence electrons. The Morgan fingerprint density at radius 3 is 3.08 bits per heavy atom. The van der Waals surface area contributed by atoms with Gasteiger partial charge < -0.3 is 24.8 Å². The molecule has 2 aliphatic rings. The number of piperidine rings is 1. The Labute approximate surface area is 147 Å². The van der Waals surface area contributed by atoms with Crippen molar-refractivity contribution in [3.8, 4) is 0 Å². The molecule has 0 unspecified atom stereocenters. The van der Waals surface area contributed by atoms with Crippen molar-refractivity contribution in [3.05, 3.63) is 27.4 Å². The first-order chi connectivity index (χ1) is 12.1. The number of H-pyrrole nitrogens is 1. The maximum atomic E-state index is 12.4. The average molecular weight is 349 g/mol. The number of carbonyl (C=O) groups excluding carboxylic acids is 1. The smallest absolute Gasteiger partial charge is 0.318 e. The molecule has 3 heterocycles. The largest absolute Gasteiger partial charge is 0.383 e.